The third-order valence-corrected chi connectivity index (χ3v) is 4.11. The van der Waals surface area contributed by atoms with Gasteiger partial charge in [-0.1, -0.05) is 29.3 Å². The van der Waals surface area contributed by atoms with Crippen molar-refractivity contribution in [2.75, 3.05) is 18.1 Å². The Balaban J connectivity index is 1.88. The summed E-state index contributed by atoms with van der Waals surface area (Å²) >= 11 is 0. The number of hydrogen-bond donors (Lipinski definition) is 0. The molecule has 0 atom stereocenters. The Labute approximate surface area is 130 Å². The molecular weight excluding hydrogens is 276 g/mol. The first kappa shape index (κ1) is 13.5. The first-order valence-corrected chi connectivity index (χ1v) is 7.48. The van der Waals surface area contributed by atoms with Gasteiger partial charge in [0.25, 0.3) is 5.91 Å². The topological polar surface area (TPSA) is 34.1 Å². The van der Waals surface area contributed by atoms with Gasteiger partial charge in [-0.2, -0.15) is 0 Å². The molecule has 0 aromatic heterocycles. The van der Waals surface area contributed by atoms with Gasteiger partial charge < -0.3 is 9.47 Å². The number of hydrogen-bond acceptors (Lipinski definition) is 4. The summed E-state index contributed by atoms with van der Waals surface area (Å²) in [5.74, 6) is -0.904. The van der Waals surface area contributed by atoms with Crippen LogP contribution in [0.4, 0.5) is 11.4 Å². The number of anilines is 1. The van der Waals surface area contributed by atoms with E-state index in [0.717, 1.165) is 22.5 Å². The van der Waals surface area contributed by atoms with Crippen LogP contribution < -0.4 is 4.90 Å². The maximum absolute atomic E-state index is 6.07. The molecule has 4 heteroatoms. The SMILES string of the molecule is Cc1ccc(N2C=Nc3ccc(C)cc3C23OCCO3)cc1. The Kier molecular flexibility index (Phi) is 3.03. The third kappa shape index (κ3) is 1.95. The van der Waals surface area contributed by atoms with Crippen LogP contribution in [-0.2, 0) is 15.4 Å². The van der Waals surface area contributed by atoms with Gasteiger partial charge in [0, 0.05) is 5.69 Å². The van der Waals surface area contributed by atoms with Gasteiger partial charge in [0.2, 0.25) is 0 Å². The first-order valence-electron chi connectivity index (χ1n) is 7.48. The van der Waals surface area contributed by atoms with E-state index < -0.39 is 5.91 Å². The number of ether oxygens (including phenoxy) is 2. The lowest BCUT2D eigenvalue weighted by atomic mass is 10.0. The van der Waals surface area contributed by atoms with E-state index in [1.54, 1.807) is 6.34 Å². The molecular formula is C18H18N2O2. The predicted molar refractivity (Wildman–Crippen MR) is 86.6 cm³/mol. The van der Waals surface area contributed by atoms with Crippen molar-refractivity contribution < 1.29 is 9.47 Å². The minimum Gasteiger partial charge on any atom is -0.326 e. The molecule has 0 radical (unpaired) electrons. The average Bonchev–Trinajstić information content (AvgIpc) is 3.00. The summed E-state index contributed by atoms with van der Waals surface area (Å²) in [6.45, 7) is 5.29. The molecule has 2 aliphatic rings. The van der Waals surface area contributed by atoms with Crippen molar-refractivity contribution in [3.63, 3.8) is 0 Å². The molecule has 2 aliphatic heterocycles. The van der Waals surface area contributed by atoms with E-state index in [1.165, 1.54) is 5.56 Å². The monoisotopic (exact) mass is 294 g/mol. The van der Waals surface area contributed by atoms with Gasteiger partial charge in [0.05, 0.1) is 24.5 Å². The molecule has 4 nitrogen and oxygen atoms in total. The minimum absolute atomic E-state index is 0.573. The van der Waals surface area contributed by atoms with Crippen LogP contribution in [-0.4, -0.2) is 19.6 Å². The summed E-state index contributed by atoms with van der Waals surface area (Å²) in [7, 11) is 0. The fourth-order valence-corrected chi connectivity index (χ4v) is 2.98. The third-order valence-electron chi connectivity index (χ3n) is 4.11. The summed E-state index contributed by atoms with van der Waals surface area (Å²) in [5, 5.41) is 0. The van der Waals surface area contributed by atoms with E-state index in [-0.39, 0.29) is 0 Å². The number of aliphatic imine (C=N–C) groups is 1. The molecule has 0 amide bonds. The zero-order valence-electron chi connectivity index (χ0n) is 12.7. The highest BCUT2D eigenvalue weighted by Gasteiger charge is 2.48. The van der Waals surface area contributed by atoms with Gasteiger partial charge in [-0.05, 0) is 38.1 Å². The van der Waals surface area contributed by atoms with Gasteiger partial charge in [0.1, 0.15) is 6.34 Å². The van der Waals surface area contributed by atoms with Crippen molar-refractivity contribution in [2.45, 2.75) is 19.8 Å². The molecule has 4 rings (SSSR count). The number of fused-ring (bicyclic) bond motifs is 2. The quantitative estimate of drug-likeness (QED) is 0.805. The number of rotatable bonds is 1. The molecule has 0 aliphatic carbocycles. The lowest BCUT2D eigenvalue weighted by Crippen LogP contribution is -2.48. The molecule has 2 aromatic carbocycles. The summed E-state index contributed by atoms with van der Waals surface area (Å²) in [5.41, 5.74) is 5.25. The maximum atomic E-state index is 6.07. The maximum Gasteiger partial charge on any atom is 0.287 e. The van der Waals surface area contributed by atoms with Crippen molar-refractivity contribution in [1.82, 2.24) is 0 Å². The van der Waals surface area contributed by atoms with Crippen molar-refractivity contribution in [3.8, 4) is 0 Å². The van der Waals surface area contributed by atoms with Gasteiger partial charge in [-0.3, -0.25) is 4.90 Å². The van der Waals surface area contributed by atoms with E-state index in [9.17, 15) is 0 Å². The Morgan fingerprint density at radius 1 is 0.955 bits per heavy atom. The van der Waals surface area contributed by atoms with Crippen LogP contribution in [0.5, 0.6) is 0 Å². The lowest BCUT2D eigenvalue weighted by Gasteiger charge is -2.40. The summed E-state index contributed by atoms with van der Waals surface area (Å²) in [4.78, 5) is 6.55. The highest BCUT2D eigenvalue weighted by atomic mass is 16.8. The second kappa shape index (κ2) is 4.93. The van der Waals surface area contributed by atoms with E-state index >= 15 is 0 Å². The Morgan fingerprint density at radius 3 is 2.36 bits per heavy atom. The Morgan fingerprint density at radius 2 is 1.64 bits per heavy atom. The molecule has 22 heavy (non-hydrogen) atoms. The van der Waals surface area contributed by atoms with E-state index in [0.29, 0.717) is 13.2 Å². The van der Waals surface area contributed by atoms with Crippen molar-refractivity contribution in [3.05, 3.63) is 59.2 Å². The van der Waals surface area contributed by atoms with Gasteiger partial charge in [-0.15, -0.1) is 0 Å². The standard InChI is InChI=1S/C18H18N2O2/c1-13-3-6-15(7-4-13)20-12-19-17-8-5-14(2)11-16(17)18(20)21-9-10-22-18/h3-8,11-12H,9-10H2,1-2H3. The minimum atomic E-state index is -0.904. The van der Waals surface area contributed by atoms with Crippen LogP contribution in [0.1, 0.15) is 16.7 Å². The Hall–Kier alpha value is -2.17. The molecule has 1 saturated heterocycles. The second-order valence-electron chi connectivity index (χ2n) is 5.75. The molecule has 1 fully saturated rings. The number of aryl methyl sites for hydroxylation is 2. The van der Waals surface area contributed by atoms with Crippen LogP contribution in [0.25, 0.3) is 0 Å². The molecule has 0 unspecified atom stereocenters. The van der Waals surface area contributed by atoms with Crippen LogP contribution >= 0.6 is 0 Å². The van der Waals surface area contributed by atoms with Crippen LogP contribution in [0, 0.1) is 13.8 Å². The first-order chi connectivity index (χ1) is 10.7. The fourth-order valence-electron chi connectivity index (χ4n) is 2.98. The molecule has 0 bridgehead atoms. The normalized spacial score (nSPS) is 18.7. The highest BCUT2D eigenvalue weighted by Crippen LogP contribution is 2.44. The summed E-state index contributed by atoms with van der Waals surface area (Å²) < 4.78 is 12.1. The van der Waals surface area contributed by atoms with Crippen molar-refractivity contribution >= 4 is 17.7 Å². The number of nitrogens with zero attached hydrogens (tertiary/aromatic N) is 2. The smallest absolute Gasteiger partial charge is 0.287 e. The molecule has 2 aromatic rings. The molecule has 112 valence electrons. The van der Waals surface area contributed by atoms with Crippen LogP contribution in [0.15, 0.2) is 47.5 Å². The predicted octanol–water partition coefficient (Wildman–Crippen LogP) is 3.64. The van der Waals surface area contributed by atoms with Crippen molar-refractivity contribution in [1.29, 1.82) is 0 Å². The highest BCUT2D eigenvalue weighted by molar-refractivity contribution is 5.86. The average molecular weight is 294 g/mol. The van der Waals surface area contributed by atoms with Crippen LogP contribution in [0.3, 0.4) is 0 Å². The second-order valence-corrected chi connectivity index (χ2v) is 5.75. The van der Waals surface area contributed by atoms with Gasteiger partial charge in [0.15, 0.2) is 0 Å². The zero-order chi connectivity index (χ0) is 15.2. The van der Waals surface area contributed by atoms with Crippen LogP contribution in [0.2, 0.25) is 0 Å². The van der Waals surface area contributed by atoms with E-state index in [1.807, 2.05) is 11.0 Å². The van der Waals surface area contributed by atoms with Gasteiger partial charge >= 0.3 is 0 Å². The van der Waals surface area contributed by atoms with E-state index in [2.05, 4.69) is 55.2 Å². The lowest BCUT2D eigenvalue weighted by molar-refractivity contribution is -0.156. The molecule has 1 spiro atoms. The fraction of sp³-hybridized carbons (Fsp3) is 0.278. The van der Waals surface area contributed by atoms with E-state index in [4.69, 9.17) is 9.47 Å². The molecule has 0 saturated carbocycles. The molecule has 0 N–H and O–H groups in total. The van der Waals surface area contributed by atoms with Gasteiger partial charge in [-0.25, -0.2) is 4.99 Å². The van der Waals surface area contributed by atoms with Crippen molar-refractivity contribution in [2.24, 2.45) is 4.99 Å². The zero-order valence-corrected chi connectivity index (χ0v) is 12.7. The largest absolute Gasteiger partial charge is 0.326 e. The summed E-state index contributed by atoms with van der Waals surface area (Å²) in [6.07, 6.45) is 1.80. The summed E-state index contributed by atoms with van der Waals surface area (Å²) in [6, 6.07) is 14.5. The Bertz CT molecular complexity index is 731. The molecule has 2 heterocycles. The number of benzene rings is 2.